The Balaban J connectivity index is 1.61. The zero-order valence-electron chi connectivity index (χ0n) is 13.0. The van der Waals surface area contributed by atoms with Crippen LogP contribution in [0.4, 0.5) is 0 Å². The van der Waals surface area contributed by atoms with Gasteiger partial charge in [0.05, 0.1) is 5.52 Å². The smallest absolute Gasteiger partial charge is 0.261 e. The number of amides is 1. The van der Waals surface area contributed by atoms with E-state index in [1.165, 1.54) is 0 Å². The van der Waals surface area contributed by atoms with Gasteiger partial charge in [-0.1, -0.05) is 23.7 Å². The van der Waals surface area contributed by atoms with Crippen molar-refractivity contribution in [2.45, 2.75) is 6.54 Å². The largest absolute Gasteiger partial charge is 0.454 e. The number of pyridine rings is 1. The Kier molecular flexibility index (Phi) is 3.82. The molecule has 4 rings (SSSR count). The van der Waals surface area contributed by atoms with Crippen molar-refractivity contribution in [3.63, 3.8) is 0 Å². The summed E-state index contributed by atoms with van der Waals surface area (Å²) in [6.07, 6.45) is 0. The highest BCUT2D eigenvalue weighted by Gasteiger charge is 2.19. The summed E-state index contributed by atoms with van der Waals surface area (Å²) in [5, 5.41) is 4.05. The standard InChI is InChI=1S/C18H13ClN2O4/c19-12-4-1-10(2-5-12)8-20-17(22)13-7-11-3-6-14-16(25-9-24-14)15(11)21-18(13)23/h1-7H,8-9H2,(H,20,22)(H,21,23). The number of halogens is 1. The molecule has 0 atom stereocenters. The summed E-state index contributed by atoms with van der Waals surface area (Å²) >= 11 is 5.83. The molecule has 0 radical (unpaired) electrons. The summed E-state index contributed by atoms with van der Waals surface area (Å²) in [4.78, 5) is 27.4. The lowest BCUT2D eigenvalue weighted by atomic mass is 10.1. The van der Waals surface area contributed by atoms with Crippen LogP contribution in [0.15, 0.2) is 47.3 Å². The molecule has 7 heteroatoms. The zero-order valence-corrected chi connectivity index (χ0v) is 13.7. The number of benzene rings is 2. The molecule has 2 N–H and O–H groups in total. The molecule has 0 saturated heterocycles. The first-order valence-electron chi connectivity index (χ1n) is 7.60. The second-order valence-corrected chi connectivity index (χ2v) is 6.02. The molecule has 6 nitrogen and oxygen atoms in total. The van der Waals surface area contributed by atoms with Gasteiger partial charge in [0.1, 0.15) is 5.56 Å². The molecule has 0 bridgehead atoms. The topological polar surface area (TPSA) is 80.4 Å². The highest BCUT2D eigenvalue weighted by atomic mass is 35.5. The van der Waals surface area contributed by atoms with Crippen molar-refractivity contribution in [2.24, 2.45) is 0 Å². The molecule has 1 aliphatic rings. The van der Waals surface area contributed by atoms with Crippen LogP contribution < -0.4 is 20.3 Å². The molecule has 1 aliphatic heterocycles. The lowest BCUT2D eigenvalue weighted by Crippen LogP contribution is -2.29. The van der Waals surface area contributed by atoms with Crippen molar-refractivity contribution in [3.05, 3.63) is 69.0 Å². The fourth-order valence-corrected chi connectivity index (χ4v) is 2.81. The monoisotopic (exact) mass is 356 g/mol. The van der Waals surface area contributed by atoms with Gasteiger partial charge >= 0.3 is 0 Å². The molecular weight excluding hydrogens is 344 g/mol. The van der Waals surface area contributed by atoms with Crippen LogP contribution in [-0.4, -0.2) is 17.7 Å². The van der Waals surface area contributed by atoms with E-state index >= 15 is 0 Å². The molecule has 2 heterocycles. The fraction of sp³-hybridized carbons (Fsp3) is 0.111. The number of carbonyl (C=O) groups excluding carboxylic acids is 1. The Bertz CT molecular complexity index is 1030. The zero-order chi connectivity index (χ0) is 17.4. The summed E-state index contributed by atoms with van der Waals surface area (Å²) < 4.78 is 10.7. The normalized spacial score (nSPS) is 12.4. The van der Waals surface area contributed by atoms with Crippen LogP contribution in [0.3, 0.4) is 0 Å². The van der Waals surface area contributed by atoms with Gasteiger partial charge in [0.15, 0.2) is 11.5 Å². The maximum atomic E-state index is 12.4. The van der Waals surface area contributed by atoms with E-state index in [0.717, 1.165) is 5.56 Å². The first-order chi connectivity index (χ1) is 12.1. The van der Waals surface area contributed by atoms with E-state index in [4.69, 9.17) is 21.1 Å². The molecule has 0 aliphatic carbocycles. The molecule has 0 spiro atoms. The van der Waals surface area contributed by atoms with Crippen LogP contribution in [0, 0.1) is 0 Å². The number of carbonyl (C=O) groups is 1. The number of rotatable bonds is 3. The van der Waals surface area contributed by atoms with Gasteiger partial charge in [-0.25, -0.2) is 0 Å². The van der Waals surface area contributed by atoms with Crippen molar-refractivity contribution in [3.8, 4) is 11.5 Å². The highest BCUT2D eigenvalue weighted by Crippen LogP contribution is 2.37. The minimum absolute atomic E-state index is 0.0420. The summed E-state index contributed by atoms with van der Waals surface area (Å²) in [6, 6.07) is 12.2. The van der Waals surface area contributed by atoms with Crippen LogP contribution >= 0.6 is 11.6 Å². The lowest BCUT2D eigenvalue weighted by Gasteiger charge is -2.07. The lowest BCUT2D eigenvalue weighted by molar-refractivity contribution is 0.0949. The van der Waals surface area contributed by atoms with Gasteiger partial charge in [-0.2, -0.15) is 0 Å². The van der Waals surface area contributed by atoms with Crippen molar-refractivity contribution < 1.29 is 14.3 Å². The van der Waals surface area contributed by atoms with Gasteiger partial charge in [-0.3, -0.25) is 9.59 Å². The number of H-pyrrole nitrogens is 1. The van der Waals surface area contributed by atoms with E-state index in [2.05, 4.69) is 10.3 Å². The van der Waals surface area contributed by atoms with Gasteiger partial charge in [-0.05, 0) is 35.9 Å². The van der Waals surface area contributed by atoms with E-state index < -0.39 is 11.5 Å². The molecule has 0 fully saturated rings. The summed E-state index contributed by atoms with van der Waals surface area (Å²) in [7, 11) is 0. The Morgan fingerprint density at radius 1 is 1.16 bits per heavy atom. The van der Waals surface area contributed by atoms with Crippen LogP contribution in [0.5, 0.6) is 11.5 Å². The van der Waals surface area contributed by atoms with Gasteiger partial charge in [-0.15, -0.1) is 0 Å². The number of fused-ring (bicyclic) bond motifs is 3. The van der Waals surface area contributed by atoms with Crippen LogP contribution in [0.1, 0.15) is 15.9 Å². The van der Waals surface area contributed by atoms with Gasteiger partial charge < -0.3 is 19.8 Å². The first-order valence-corrected chi connectivity index (χ1v) is 7.98. The number of hydrogen-bond donors (Lipinski definition) is 2. The van der Waals surface area contributed by atoms with Gasteiger partial charge in [0.25, 0.3) is 11.5 Å². The maximum Gasteiger partial charge on any atom is 0.261 e. The molecule has 0 saturated carbocycles. The summed E-state index contributed by atoms with van der Waals surface area (Å²) in [6.45, 7) is 0.411. The number of aromatic amines is 1. The van der Waals surface area contributed by atoms with Crippen LogP contribution in [0.25, 0.3) is 10.9 Å². The molecule has 0 unspecified atom stereocenters. The number of aromatic nitrogens is 1. The molecule has 126 valence electrons. The quantitative estimate of drug-likeness (QED) is 0.756. The molecular formula is C18H13ClN2O4. The summed E-state index contributed by atoms with van der Waals surface area (Å²) in [5.41, 5.74) is 0.970. The summed E-state index contributed by atoms with van der Waals surface area (Å²) in [5.74, 6) is 0.613. The molecule has 25 heavy (non-hydrogen) atoms. The first kappa shape index (κ1) is 15.5. The Labute approximate surface area is 147 Å². The predicted molar refractivity (Wildman–Crippen MR) is 93.3 cm³/mol. The van der Waals surface area contributed by atoms with Crippen molar-refractivity contribution >= 4 is 28.4 Å². The molecule has 1 amide bonds. The van der Waals surface area contributed by atoms with Crippen molar-refractivity contribution in [1.29, 1.82) is 0 Å². The minimum Gasteiger partial charge on any atom is -0.454 e. The minimum atomic E-state index is -0.481. The third-order valence-electron chi connectivity index (χ3n) is 3.97. The van der Waals surface area contributed by atoms with E-state index in [0.29, 0.717) is 34.0 Å². The van der Waals surface area contributed by atoms with Crippen molar-refractivity contribution in [2.75, 3.05) is 6.79 Å². The predicted octanol–water partition coefficient (Wildman–Crippen LogP) is 2.84. The van der Waals surface area contributed by atoms with E-state index in [-0.39, 0.29) is 12.4 Å². The average molecular weight is 357 g/mol. The Morgan fingerprint density at radius 3 is 2.76 bits per heavy atom. The second-order valence-electron chi connectivity index (χ2n) is 5.58. The van der Waals surface area contributed by atoms with Gasteiger partial charge in [0, 0.05) is 17.0 Å². The SMILES string of the molecule is O=C(NCc1ccc(Cl)cc1)c1cc2ccc3c(c2[nH]c1=O)OCO3. The maximum absolute atomic E-state index is 12.4. The van der Waals surface area contributed by atoms with Crippen LogP contribution in [-0.2, 0) is 6.54 Å². The van der Waals surface area contributed by atoms with Crippen molar-refractivity contribution in [1.82, 2.24) is 10.3 Å². The highest BCUT2D eigenvalue weighted by molar-refractivity contribution is 6.30. The van der Waals surface area contributed by atoms with E-state index in [1.807, 2.05) is 12.1 Å². The molecule has 2 aromatic carbocycles. The Hall–Kier alpha value is -2.99. The second kappa shape index (κ2) is 6.14. The third-order valence-corrected chi connectivity index (χ3v) is 4.22. The van der Waals surface area contributed by atoms with E-state index in [9.17, 15) is 9.59 Å². The average Bonchev–Trinajstić information content (AvgIpc) is 3.09. The fourth-order valence-electron chi connectivity index (χ4n) is 2.69. The third kappa shape index (κ3) is 2.92. The molecule has 1 aromatic heterocycles. The number of ether oxygens (including phenoxy) is 2. The Morgan fingerprint density at radius 2 is 1.96 bits per heavy atom. The van der Waals surface area contributed by atoms with Crippen LogP contribution in [0.2, 0.25) is 5.02 Å². The number of nitrogens with one attached hydrogen (secondary N) is 2. The number of hydrogen-bond acceptors (Lipinski definition) is 4. The molecule has 3 aromatic rings. The van der Waals surface area contributed by atoms with Gasteiger partial charge in [0.2, 0.25) is 6.79 Å². The van der Waals surface area contributed by atoms with E-state index in [1.54, 1.807) is 30.3 Å².